The largest absolute Gasteiger partial charge is 0.494 e. The van der Waals surface area contributed by atoms with E-state index in [-0.39, 0.29) is 16.8 Å². The molecule has 2 aromatic carbocycles. The highest BCUT2D eigenvalue weighted by Crippen LogP contribution is 2.20. The summed E-state index contributed by atoms with van der Waals surface area (Å²) in [6, 6.07) is 21.3. The van der Waals surface area contributed by atoms with Crippen molar-refractivity contribution in [3.05, 3.63) is 90.3 Å². The van der Waals surface area contributed by atoms with Gasteiger partial charge in [0.05, 0.1) is 23.2 Å². The lowest BCUT2D eigenvalue weighted by Crippen LogP contribution is -2.30. The highest BCUT2D eigenvalue weighted by molar-refractivity contribution is 7.90. The van der Waals surface area contributed by atoms with Gasteiger partial charge < -0.3 is 10.1 Å². The van der Waals surface area contributed by atoms with Gasteiger partial charge in [0.25, 0.3) is 0 Å². The monoisotopic (exact) mass is 424 g/mol. The lowest BCUT2D eigenvalue weighted by atomic mass is 10.0. The predicted octanol–water partition coefficient (Wildman–Crippen LogP) is 3.55. The summed E-state index contributed by atoms with van der Waals surface area (Å²) in [4.78, 5) is 17.1. The first-order valence-corrected chi connectivity index (χ1v) is 11.5. The van der Waals surface area contributed by atoms with Gasteiger partial charge in [0.1, 0.15) is 5.75 Å². The van der Waals surface area contributed by atoms with Crippen LogP contribution >= 0.6 is 0 Å². The number of hydrogen-bond acceptors (Lipinski definition) is 5. The molecular weight excluding hydrogens is 400 g/mol. The number of rotatable bonds is 9. The average molecular weight is 425 g/mol. The van der Waals surface area contributed by atoms with Crippen LogP contribution in [0.4, 0.5) is 0 Å². The minimum absolute atomic E-state index is 0.0921. The summed E-state index contributed by atoms with van der Waals surface area (Å²) >= 11 is 0. The van der Waals surface area contributed by atoms with Crippen molar-refractivity contribution in [1.29, 1.82) is 0 Å². The number of benzene rings is 2. The molecular formula is C23H24N2O4S. The molecule has 0 aliphatic rings. The molecule has 1 heterocycles. The summed E-state index contributed by atoms with van der Waals surface area (Å²) < 4.78 is 28.6. The van der Waals surface area contributed by atoms with E-state index < -0.39 is 9.84 Å². The van der Waals surface area contributed by atoms with Crippen molar-refractivity contribution in [1.82, 2.24) is 10.3 Å². The molecule has 156 valence electrons. The Kier molecular flexibility index (Phi) is 7.19. The molecule has 1 amide bonds. The van der Waals surface area contributed by atoms with E-state index in [1.54, 1.807) is 18.3 Å². The van der Waals surface area contributed by atoms with Crippen LogP contribution in [0.25, 0.3) is 0 Å². The Balaban J connectivity index is 1.52. The number of aromatic nitrogens is 1. The summed E-state index contributed by atoms with van der Waals surface area (Å²) in [5, 5.41) is 3.05. The Bertz CT molecular complexity index is 1010. The van der Waals surface area contributed by atoms with Gasteiger partial charge in [0, 0.05) is 18.9 Å². The van der Waals surface area contributed by atoms with Crippen LogP contribution in [-0.4, -0.2) is 32.2 Å². The van der Waals surface area contributed by atoms with Crippen molar-refractivity contribution in [3.63, 3.8) is 0 Å². The molecule has 6 nitrogen and oxygen atoms in total. The molecule has 1 atom stereocenters. The van der Waals surface area contributed by atoms with Crippen molar-refractivity contribution in [2.75, 3.05) is 12.9 Å². The fraction of sp³-hybridized carbons (Fsp3) is 0.217. The second-order valence-corrected chi connectivity index (χ2v) is 8.88. The van der Waals surface area contributed by atoms with Gasteiger partial charge in [-0.3, -0.25) is 9.78 Å². The normalized spacial score (nSPS) is 12.2. The van der Waals surface area contributed by atoms with Gasteiger partial charge in [0.2, 0.25) is 5.91 Å². The first-order valence-electron chi connectivity index (χ1n) is 9.61. The third-order valence-corrected chi connectivity index (χ3v) is 5.62. The van der Waals surface area contributed by atoms with Gasteiger partial charge in [-0.15, -0.1) is 0 Å². The molecule has 7 heteroatoms. The van der Waals surface area contributed by atoms with Crippen LogP contribution in [-0.2, 0) is 14.6 Å². The Morgan fingerprint density at radius 1 is 1.00 bits per heavy atom. The highest BCUT2D eigenvalue weighted by Gasteiger charge is 2.17. The number of ether oxygens (including phenoxy) is 1. The zero-order chi connectivity index (χ0) is 21.4. The lowest BCUT2D eigenvalue weighted by Gasteiger charge is -2.19. The molecule has 0 bridgehead atoms. The molecule has 3 aromatic rings. The fourth-order valence-electron chi connectivity index (χ4n) is 2.96. The maximum atomic E-state index is 12.5. The van der Waals surface area contributed by atoms with Crippen LogP contribution in [0.2, 0.25) is 0 Å². The number of hydrogen-bond donors (Lipinski definition) is 1. The van der Waals surface area contributed by atoms with E-state index >= 15 is 0 Å². The van der Waals surface area contributed by atoms with Crippen LogP contribution in [0.15, 0.2) is 83.9 Å². The van der Waals surface area contributed by atoms with Gasteiger partial charge in [0.15, 0.2) is 9.84 Å². The molecule has 30 heavy (non-hydrogen) atoms. The molecule has 0 saturated carbocycles. The zero-order valence-corrected chi connectivity index (χ0v) is 17.5. The molecule has 0 radical (unpaired) electrons. The fourth-order valence-corrected chi connectivity index (χ4v) is 3.59. The molecule has 0 spiro atoms. The number of carbonyl (C=O) groups is 1. The molecule has 0 aliphatic heterocycles. The van der Waals surface area contributed by atoms with E-state index in [4.69, 9.17) is 4.74 Å². The van der Waals surface area contributed by atoms with E-state index in [0.717, 1.165) is 17.5 Å². The zero-order valence-electron chi connectivity index (χ0n) is 16.7. The second-order valence-electron chi connectivity index (χ2n) is 6.86. The van der Waals surface area contributed by atoms with E-state index in [2.05, 4.69) is 10.3 Å². The SMILES string of the molecule is CS(=O)(=O)c1ccc(OCCCC(=O)NC(c2ccccc2)c2ccccn2)cc1. The van der Waals surface area contributed by atoms with E-state index in [1.807, 2.05) is 48.5 Å². The van der Waals surface area contributed by atoms with Gasteiger partial charge in [-0.2, -0.15) is 0 Å². The molecule has 0 saturated heterocycles. The van der Waals surface area contributed by atoms with Crippen molar-refractivity contribution in [2.24, 2.45) is 0 Å². The smallest absolute Gasteiger partial charge is 0.220 e. The highest BCUT2D eigenvalue weighted by atomic mass is 32.2. The van der Waals surface area contributed by atoms with E-state index in [1.165, 1.54) is 12.1 Å². The van der Waals surface area contributed by atoms with Gasteiger partial charge >= 0.3 is 0 Å². The molecule has 0 aliphatic carbocycles. The average Bonchev–Trinajstić information content (AvgIpc) is 2.76. The molecule has 1 unspecified atom stereocenters. The Morgan fingerprint density at radius 3 is 2.33 bits per heavy atom. The number of carbonyl (C=O) groups excluding carboxylic acids is 1. The predicted molar refractivity (Wildman–Crippen MR) is 115 cm³/mol. The summed E-state index contributed by atoms with van der Waals surface area (Å²) in [5.74, 6) is 0.476. The third kappa shape index (κ3) is 6.15. The molecule has 1 aromatic heterocycles. The summed E-state index contributed by atoms with van der Waals surface area (Å²) in [5.41, 5.74) is 1.74. The van der Waals surface area contributed by atoms with Crippen molar-refractivity contribution >= 4 is 15.7 Å². The maximum Gasteiger partial charge on any atom is 0.220 e. The Morgan fingerprint density at radius 2 is 1.70 bits per heavy atom. The first-order chi connectivity index (χ1) is 14.4. The van der Waals surface area contributed by atoms with Crippen molar-refractivity contribution < 1.29 is 17.9 Å². The summed E-state index contributed by atoms with van der Waals surface area (Å²) in [7, 11) is -3.23. The van der Waals surface area contributed by atoms with Crippen LogP contribution in [0.5, 0.6) is 5.75 Å². The van der Waals surface area contributed by atoms with E-state index in [0.29, 0.717) is 25.2 Å². The molecule has 1 N–H and O–H groups in total. The van der Waals surface area contributed by atoms with Crippen LogP contribution < -0.4 is 10.1 Å². The Hall–Kier alpha value is -3.19. The summed E-state index contributed by atoms with van der Waals surface area (Å²) in [6.45, 7) is 0.352. The Labute approximate surface area is 176 Å². The number of nitrogens with zero attached hydrogens (tertiary/aromatic N) is 1. The van der Waals surface area contributed by atoms with Crippen LogP contribution in [0.1, 0.15) is 30.1 Å². The van der Waals surface area contributed by atoms with Crippen LogP contribution in [0.3, 0.4) is 0 Å². The van der Waals surface area contributed by atoms with Gasteiger partial charge in [-0.1, -0.05) is 36.4 Å². The molecule has 0 fully saturated rings. The van der Waals surface area contributed by atoms with Crippen molar-refractivity contribution in [2.45, 2.75) is 23.8 Å². The lowest BCUT2D eigenvalue weighted by molar-refractivity contribution is -0.121. The minimum atomic E-state index is -3.23. The maximum absolute atomic E-state index is 12.5. The molecule has 3 rings (SSSR count). The van der Waals surface area contributed by atoms with Crippen LogP contribution in [0, 0.1) is 0 Å². The second kappa shape index (κ2) is 10.0. The van der Waals surface area contributed by atoms with Gasteiger partial charge in [-0.25, -0.2) is 8.42 Å². The number of amides is 1. The quantitative estimate of drug-likeness (QED) is 0.531. The van der Waals surface area contributed by atoms with Gasteiger partial charge in [-0.05, 0) is 48.4 Å². The topological polar surface area (TPSA) is 85.4 Å². The number of sulfone groups is 1. The minimum Gasteiger partial charge on any atom is -0.494 e. The summed E-state index contributed by atoms with van der Waals surface area (Å²) in [6.07, 6.45) is 3.70. The number of nitrogens with one attached hydrogen (secondary N) is 1. The van der Waals surface area contributed by atoms with Crippen molar-refractivity contribution in [3.8, 4) is 5.75 Å². The van der Waals surface area contributed by atoms with E-state index in [9.17, 15) is 13.2 Å². The third-order valence-electron chi connectivity index (χ3n) is 4.49. The first kappa shape index (κ1) is 21.5. The number of pyridine rings is 1. The standard InChI is InChI=1S/C23H24N2O4S/c1-30(27,28)20-14-12-19(13-15-20)29-17-7-11-22(26)25-23(18-8-3-2-4-9-18)21-10-5-6-16-24-21/h2-6,8-10,12-16,23H,7,11,17H2,1H3,(H,25,26).